The number of para-hydroxylation sites is 1. The van der Waals surface area contributed by atoms with Crippen molar-refractivity contribution in [2.75, 3.05) is 7.11 Å². The molecule has 1 aromatic carbocycles. The minimum atomic E-state index is -0.420. The number of pyridine rings is 2. The Bertz CT molecular complexity index is 963. The van der Waals surface area contributed by atoms with Gasteiger partial charge in [0.2, 0.25) is 5.88 Å². The van der Waals surface area contributed by atoms with Gasteiger partial charge in [0.05, 0.1) is 12.6 Å². The van der Waals surface area contributed by atoms with Gasteiger partial charge in [-0.1, -0.05) is 18.2 Å². The number of methoxy groups -OCH3 is 1. The summed E-state index contributed by atoms with van der Waals surface area (Å²) in [6, 6.07) is 10.8. The van der Waals surface area contributed by atoms with Crippen LogP contribution in [0, 0.1) is 6.92 Å². The summed E-state index contributed by atoms with van der Waals surface area (Å²) in [5.41, 5.74) is 2.15. The van der Waals surface area contributed by atoms with Crippen molar-refractivity contribution in [2.45, 2.75) is 13.5 Å². The van der Waals surface area contributed by atoms with Crippen molar-refractivity contribution in [1.29, 1.82) is 0 Å². The highest BCUT2D eigenvalue weighted by molar-refractivity contribution is 5.94. The molecule has 3 rings (SSSR count). The number of carbonyl (C=O) groups excluding carboxylic acids is 1. The van der Waals surface area contributed by atoms with E-state index >= 15 is 0 Å². The number of nitrogens with zero attached hydrogens (tertiary/aromatic N) is 1. The number of fused-ring (bicyclic) bond motifs is 1. The van der Waals surface area contributed by atoms with Crippen molar-refractivity contribution >= 4 is 16.8 Å². The van der Waals surface area contributed by atoms with Crippen LogP contribution in [-0.2, 0) is 6.54 Å². The van der Waals surface area contributed by atoms with Gasteiger partial charge in [-0.05, 0) is 18.6 Å². The third kappa shape index (κ3) is 3.12. The van der Waals surface area contributed by atoms with Gasteiger partial charge in [0.15, 0.2) is 5.43 Å². The molecule has 0 aliphatic rings. The number of hydrogen-bond donors (Lipinski definition) is 2. The highest BCUT2D eigenvalue weighted by atomic mass is 16.5. The molecule has 0 atom stereocenters. The zero-order valence-electron chi connectivity index (χ0n) is 13.4. The lowest BCUT2D eigenvalue weighted by atomic mass is 10.1. The topological polar surface area (TPSA) is 84.1 Å². The van der Waals surface area contributed by atoms with E-state index in [9.17, 15) is 9.59 Å². The first-order chi connectivity index (χ1) is 11.6. The number of hydrogen-bond acceptors (Lipinski definition) is 4. The molecule has 0 saturated carbocycles. The zero-order chi connectivity index (χ0) is 17.1. The molecule has 2 aromatic heterocycles. The van der Waals surface area contributed by atoms with Crippen LogP contribution in [0.15, 0.2) is 47.4 Å². The largest absolute Gasteiger partial charge is 0.481 e. The molecule has 0 bridgehead atoms. The second kappa shape index (κ2) is 6.54. The van der Waals surface area contributed by atoms with E-state index in [-0.39, 0.29) is 17.5 Å². The van der Waals surface area contributed by atoms with Crippen LogP contribution in [0.1, 0.15) is 21.6 Å². The standard InChI is InChI=1S/C18H17N3O3/c1-11-7-16(22)14(10-19-11)18(23)20-9-12-8-17(24-2)21-15-6-4-3-5-13(12)15/h3-8,10H,9H2,1-2H3,(H,19,22)(H,20,23). The molecular formula is C18H17N3O3. The van der Waals surface area contributed by atoms with E-state index in [0.717, 1.165) is 16.5 Å². The molecule has 2 N–H and O–H groups in total. The van der Waals surface area contributed by atoms with E-state index < -0.39 is 5.91 Å². The molecule has 0 aliphatic carbocycles. The number of aromatic nitrogens is 2. The van der Waals surface area contributed by atoms with E-state index in [1.165, 1.54) is 12.3 Å². The second-order valence-electron chi connectivity index (χ2n) is 5.42. The summed E-state index contributed by atoms with van der Waals surface area (Å²) in [5, 5.41) is 3.70. The summed E-state index contributed by atoms with van der Waals surface area (Å²) in [5.74, 6) is 0.0576. The summed E-state index contributed by atoms with van der Waals surface area (Å²) in [6.45, 7) is 2.03. The molecule has 0 saturated heterocycles. The second-order valence-corrected chi connectivity index (χ2v) is 5.42. The zero-order valence-corrected chi connectivity index (χ0v) is 13.4. The average Bonchev–Trinajstić information content (AvgIpc) is 2.59. The van der Waals surface area contributed by atoms with Gasteiger partial charge in [0.25, 0.3) is 5.91 Å². The Morgan fingerprint density at radius 1 is 1.29 bits per heavy atom. The summed E-state index contributed by atoms with van der Waals surface area (Å²) in [4.78, 5) is 31.4. The average molecular weight is 323 g/mol. The SMILES string of the molecule is COc1cc(CNC(=O)c2c[nH]c(C)cc2=O)c2ccccc2n1. The number of carbonyl (C=O) groups is 1. The third-order valence-corrected chi connectivity index (χ3v) is 3.73. The van der Waals surface area contributed by atoms with Gasteiger partial charge in [-0.25, -0.2) is 4.98 Å². The molecular weight excluding hydrogens is 306 g/mol. The smallest absolute Gasteiger partial charge is 0.257 e. The quantitative estimate of drug-likeness (QED) is 0.771. The van der Waals surface area contributed by atoms with E-state index in [0.29, 0.717) is 11.6 Å². The molecule has 6 nitrogen and oxygen atoms in total. The number of nitrogens with one attached hydrogen (secondary N) is 2. The number of amides is 1. The predicted molar refractivity (Wildman–Crippen MR) is 91.3 cm³/mol. The first kappa shape index (κ1) is 15.7. The summed E-state index contributed by atoms with van der Waals surface area (Å²) >= 11 is 0. The highest BCUT2D eigenvalue weighted by Crippen LogP contribution is 2.21. The van der Waals surface area contributed by atoms with Crippen molar-refractivity contribution in [2.24, 2.45) is 0 Å². The fourth-order valence-corrected chi connectivity index (χ4v) is 2.49. The van der Waals surface area contributed by atoms with E-state index in [2.05, 4.69) is 15.3 Å². The maximum atomic E-state index is 12.3. The lowest BCUT2D eigenvalue weighted by Crippen LogP contribution is -2.28. The fraction of sp³-hybridized carbons (Fsp3) is 0.167. The first-order valence-electron chi connectivity index (χ1n) is 7.48. The van der Waals surface area contributed by atoms with Crippen LogP contribution < -0.4 is 15.5 Å². The molecule has 24 heavy (non-hydrogen) atoms. The van der Waals surface area contributed by atoms with Crippen LogP contribution >= 0.6 is 0 Å². The lowest BCUT2D eigenvalue weighted by molar-refractivity contribution is 0.0949. The van der Waals surface area contributed by atoms with E-state index in [1.54, 1.807) is 20.1 Å². The van der Waals surface area contributed by atoms with Crippen LogP contribution in [0.4, 0.5) is 0 Å². The summed E-state index contributed by atoms with van der Waals surface area (Å²) < 4.78 is 5.21. The van der Waals surface area contributed by atoms with Crippen molar-refractivity contribution in [3.8, 4) is 5.88 Å². The molecule has 0 fully saturated rings. The molecule has 2 heterocycles. The maximum Gasteiger partial charge on any atom is 0.257 e. The molecule has 3 aromatic rings. The van der Waals surface area contributed by atoms with Gasteiger partial charge >= 0.3 is 0 Å². The van der Waals surface area contributed by atoms with Crippen LogP contribution in [0.3, 0.4) is 0 Å². The Balaban J connectivity index is 1.87. The Labute approximate surface area is 138 Å². The minimum absolute atomic E-state index is 0.0888. The molecule has 122 valence electrons. The molecule has 0 unspecified atom stereocenters. The number of H-pyrrole nitrogens is 1. The van der Waals surface area contributed by atoms with Crippen LogP contribution in [0.2, 0.25) is 0 Å². The number of aromatic amines is 1. The van der Waals surface area contributed by atoms with Gasteiger partial charge < -0.3 is 15.0 Å². The molecule has 6 heteroatoms. The Morgan fingerprint density at radius 2 is 2.08 bits per heavy atom. The van der Waals surface area contributed by atoms with Gasteiger partial charge in [-0.2, -0.15) is 0 Å². The molecule has 0 spiro atoms. The lowest BCUT2D eigenvalue weighted by Gasteiger charge is -2.10. The normalized spacial score (nSPS) is 10.6. The van der Waals surface area contributed by atoms with Crippen molar-refractivity contribution in [1.82, 2.24) is 15.3 Å². The summed E-state index contributed by atoms with van der Waals surface area (Å²) in [7, 11) is 1.55. The van der Waals surface area contributed by atoms with Gasteiger partial charge in [0.1, 0.15) is 5.56 Å². The number of aryl methyl sites for hydroxylation is 1. The van der Waals surface area contributed by atoms with Crippen molar-refractivity contribution < 1.29 is 9.53 Å². The first-order valence-corrected chi connectivity index (χ1v) is 7.48. The highest BCUT2D eigenvalue weighted by Gasteiger charge is 2.12. The number of rotatable bonds is 4. The fourth-order valence-electron chi connectivity index (χ4n) is 2.49. The summed E-state index contributed by atoms with van der Waals surface area (Å²) in [6.07, 6.45) is 1.43. The molecule has 0 radical (unpaired) electrons. The van der Waals surface area contributed by atoms with Gasteiger partial charge in [-0.3, -0.25) is 9.59 Å². The molecule has 1 amide bonds. The number of benzene rings is 1. The van der Waals surface area contributed by atoms with Crippen LogP contribution in [0.25, 0.3) is 10.9 Å². The monoisotopic (exact) mass is 323 g/mol. The van der Waals surface area contributed by atoms with E-state index in [1.807, 2.05) is 24.3 Å². The van der Waals surface area contributed by atoms with Crippen molar-refractivity contribution in [3.05, 3.63) is 69.6 Å². The van der Waals surface area contributed by atoms with Crippen LogP contribution in [0.5, 0.6) is 5.88 Å². The van der Waals surface area contributed by atoms with Gasteiger partial charge in [0, 0.05) is 36.0 Å². The Morgan fingerprint density at radius 3 is 2.83 bits per heavy atom. The minimum Gasteiger partial charge on any atom is -0.481 e. The van der Waals surface area contributed by atoms with E-state index in [4.69, 9.17) is 4.74 Å². The predicted octanol–water partition coefficient (Wildman–Crippen LogP) is 2.17. The Hall–Kier alpha value is -3.15. The number of ether oxygens (including phenoxy) is 1. The Kier molecular flexibility index (Phi) is 4.29. The van der Waals surface area contributed by atoms with Crippen LogP contribution in [-0.4, -0.2) is 23.0 Å². The third-order valence-electron chi connectivity index (χ3n) is 3.73. The molecule has 0 aliphatic heterocycles. The maximum absolute atomic E-state index is 12.3. The van der Waals surface area contributed by atoms with Crippen molar-refractivity contribution in [3.63, 3.8) is 0 Å². The van der Waals surface area contributed by atoms with Gasteiger partial charge in [-0.15, -0.1) is 0 Å².